The number of aromatic nitrogens is 3. The fourth-order valence-corrected chi connectivity index (χ4v) is 2.77. The van der Waals surface area contributed by atoms with Crippen molar-refractivity contribution in [1.82, 2.24) is 19.5 Å². The van der Waals surface area contributed by atoms with E-state index in [4.69, 9.17) is 0 Å². The maximum atomic E-state index is 13.7. The van der Waals surface area contributed by atoms with E-state index in [1.165, 1.54) is 12.1 Å². The van der Waals surface area contributed by atoms with Crippen molar-refractivity contribution in [3.63, 3.8) is 0 Å². The SMILES string of the molecule is CC(C)Cn1c([C@@H]2CCCN2)nn2c(F)ccc2c1=O.Cl. The van der Waals surface area contributed by atoms with Gasteiger partial charge >= 0.3 is 0 Å². The third-order valence-corrected chi connectivity index (χ3v) is 3.67. The first kappa shape index (κ1) is 16.0. The molecule has 0 radical (unpaired) electrons. The summed E-state index contributed by atoms with van der Waals surface area (Å²) in [5, 5.41) is 7.70. The van der Waals surface area contributed by atoms with Crippen molar-refractivity contribution >= 4 is 17.9 Å². The number of nitrogens with zero attached hydrogens (tertiary/aromatic N) is 3. The van der Waals surface area contributed by atoms with Crippen LogP contribution in [-0.4, -0.2) is 20.7 Å². The van der Waals surface area contributed by atoms with E-state index >= 15 is 0 Å². The van der Waals surface area contributed by atoms with Crippen LogP contribution in [0.3, 0.4) is 0 Å². The molecular weight excluding hydrogens is 295 g/mol. The van der Waals surface area contributed by atoms with Crippen molar-refractivity contribution in [3.8, 4) is 0 Å². The van der Waals surface area contributed by atoms with Gasteiger partial charge in [0.1, 0.15) is 11.3 Å². The summed E-state index contributed by atoms with van der Waals surface area (Å²) < 4.78 is 16.5. The van der Waals surface area contributed by atoms with Gasteiger partial charge in [0.2, 0.25) is 5.95 Å². The van der Waals surface area contributed by atoms with Crippen molar-refractivity contribution in [1.29, 1.82) is 0 Å². The number of rotatable bonds is 3. The average Bonchev–Trinajstić information content (AvgIpc) is 3.02. The maximum Gasteiger partial charge on any atom is 0.278 e. The number of hydrogen-bond acceptors (Lipinski definition) is 3. The van der Waals surface area contributed by atoms with Gasteiger partial charge in [-0.2, -0.15) is 14.0 Å². The molecule has 3 rings (SSSR count). The minimum atomic E-state index is -0.493. The summed E-state index contributed by atoms with van der Waals surface area (Å²) in [5.74, 6) is 0.480. The summed E-state index contributed by atoms with van der Waals surface area (Å²) in [6, 6.07) is 2.82. The van der Waals surface area contributed by atoms with Crippen LogP contribution in [0.4, 0.5) is 4.39 Å². The highest BCUT2D eigenvalue weighted by Crippen LogP contribution is 2.21. The molecule has 2 aromatic heterocycles. The number of hydrogen-bond donors (Lipinski definition) is 1. The normalized spacial score (nSPS) is 18.4. The zero-order valence-corrected chi connectivity index (χ0v) is 13.0. The molecule has 1 N–H and O–H groups in total. The third-order valence-electron chi connectivity index (χ3n) is 3.67. The molecule has 21 heavy (non-hydrogen) atoms. The highest BCUT2D eigenvalue weighted by Gasteiger charge is 2.24. The summed E-state index contributed by atoms with van der Waals surface area (Å²) in [4.78, 5) is 12.6. The smallest absolute Gasteiger partial charge is 0.278 e. The Morgan fingerprint density at radius 2 is 2.24 bits per heavy atom. The Bertz CT molecular complexity index is 688. The Kier molecular flexibility index (Phi) is 4.68. The predicted molar refractivity (Wildman–Crippen MR) is 81.5 cm³/mol. The van der Waals surface area contributed by atoms with Crippen LogP contribution in [0.25, 0.3) is 5.52 Å². The highest BCUT2D eigenvalue weighted by atomic mass is 35.5. The van der Waals surface area contributed by atoms with Crippen LogP contribution in [-0.2, 0) is 6.54 Å². The first-order valence-electron chi connectivity index (χ1n) is 7.09. The zero-order chi connectivity index (χ0) is 14.3. The molecule has 1 atom stereocenters. The van der Waals surface area contributed by atoms with Gasteiger partial charge in [0, 0.05) is 6.54 Å². The molecule has 0 aromatic carbocycles. The molecule has 1 saturated heterocycles. The molecule has 0 saturated carbocycles. The lowest BCUT2D eigenvalue weighted by molar-refractivity contribution is 0.436. The summed E-state index contributed by atoms with van der Waals surface area (Å²) in [5.41, 5.74) is 0.131. The Hall–Kier alpha value is -1.40. The first-order chi connectivity index (χ1) is 9.58. The number of halogens is 2. The van der Waals surface area contributed by atoms with Gasteiger partial charge < -0.3 is 5.32 Å². The van der Waals surface area contributed by atoms with E-state index < -0.39 is 5.95 Å². The van der Waals surface area contributed by atoms with Crippen LogP contribution in [0.5, 0.6) is 0 Å². The molecular formula is C14H20ClFN4O. The average molecular weight is 315 g/mol. The third kappa shape index (κ3) is 2.82. The largest absolute Gasteiger partial charge is 0.307 e. The van der Waals surface area contributed by atoms with Crippen molar-refractivity contribution in [3.05, 3.63) is 34.3 Å². The molecule has 2 aromatic rings. The predicted octanol–water partition coefficient (Wildman–Crippen LogP) is 2.14. The Morgan fingerprint density at radius 3 is 2.86 bits per heavy atom. The van der Waals surface area contributed by atoms with Gasteiger partial charge in [-0.05, 0) is 37.4 Å². The Labute approximate surface area is 128 Å². The van der Waals surface area contributed by atoms with Gasteiger partial charge in [0.15, 0.2) is 0 Å². The first-order valence-corrected chi connectivity index (χ1v) is 7.09. The topological polar surface area (TPSA) is 51.3 Å². The van der Waals surface area contributed by atoms with Crippen molar-refractivity contribution in [2.24, 2.45) is 5.92 Å². The van der Waals surface area contributed by atoms with Crippen LogP contribution < -0.4 is 10.9 Å². The van der Waals surface area contributed by atoms with E-state index in [9.17, 15) is 9.18 Å². The van der Waals surface area contributed by atoms with E-state index in [1.54, 1.807) is 4.57 Å². The van der Waals surface area contributed by atoms with Crippen LogP contribution in [0, 0.1) is 11.9 Å². The Balaban J connectivity index is 0.00000161. The van der Waals surface area contributed by atoms with Crippen molar-refractivity contribution in [2.45, 2.75) is 39.3 Å². The molecule has 0 aliphatic carbocycles. The standard InChI is InChI=1S/C14H19FN4O.ClH/c1-9(2)8-18-13(10-4-3-7-16-10)17-19-11(14(18)20)5-6-12(19)15;/h5-6,9-10,16H,3-4,7-8H2,1-2H3;1H/t10-;/m0./s1. The second-order valence-electron chi connectivity index (χ2n) is 5.77. The summed E-state index contributed by atoms with van der Waals surface area (Å²) >= 11 is 0. The van der Waals surface area contributed by atoms with Gasteiger partial charge in [-0.3, -0.25) is 9.36 Å². The summed E-state index contributed by atoms with van der Waals surface area (Å²) in [6.45, 7) is 5.62. The van der Waals surface area contributed by atoms with E-state index in [0.717, 1.165) is 23.9 Å². The lowest BCUT2D eigenvalue weighted by atomic mass is 10.2. The zero-order valence-electron chi connectivity index (χ0n) is 12.2. The van der Waals surface area contributed by atoms with Crippen molar-refractivity contribution in [2.75, 3.05) is 6.54 Å². The molecule has 0 amide bonds. The van der Waals surface area contributed by atoms with Gasteiger partial charge in [0.25, 0.3) is 5.56 Å². The highest BCUT2D eigenvalue weighted by molar-refractivity contribution is 5.85. The van der Waals surface area contributed by atoms with E-state index in [0.29, 0.717) is 23.8 Å². The van der Waals surface area contributed by atoms with Gasteiger partial charge in [-0.15, -0.1) is 12.4 Å². The molecule has 0 unspecified atom stereocenters. The second-order valence-corrected chi connectivity index (χ2v) is 5.77. The van der Waals surface area contributed by atoms with Crippen LogP contribution in [0.15, 0.2) is 16.9 Å². The minimum Gasteiger partial charge on any atom is -0.307 e. The fourth-order valence-electron chi connectivity index (χ4n) is 2.77. The van der Waals surface area contributed by atoms with Gasteiger partial charge in [-0.25, -0.2) is 0 Å². The number of fused-ring (bicyclic) bond motifs is 1. The van der Waals surface area contributed by atoms with Gasteiger partial charge in [-0.1, -0.05) is 13.8 Å². The molecule has 0 bridgehead atoms. The molecule has 1 aliphatic heterocycles. The van der Waals surface area contributed by atoms with Crippen LogP contribution >= 0.6 is 12.4 Å². The molecule has 5 nitrogen and oxygen atoms in total. The maximum absolute atomic E-state index is 13.7. The number of nitrogens with one attached hydrogen (secondary N) is 1. The summed E-state index contributed by atoms with van der Waals surface area (Å²) in [7, 11) is 0. The molecule has 7 heteroatoms. The Morgan fingerprint density at radius 1 is 1.48 bits per heavy atom. The molecule has 0 spiro atoms. The lowest BCUT2D eigenvalue weighted by Gasteiger charge is -2.18. The fraction of sp³-hybridized carbons (Fsp3) is 0.571. The molecule has 1 fully saturated rings. The monoisotopic (exact) mass is 314 g/mol. The molecule has 1 aliphatic rings. The van der Waals surface area contributed by atoms with E-state index in [-0.39, 0.29) is 24.0 Å². The molecule has 3 heterocycles. The quantitative estimate of drug-likeness (QED) is 0.944. The van der Waals surface area contributed by atoms with Crippen LogP contribution in [0.2, 0.25) is 0 Å². The summed E-state index contributed by atoms with van der Waals surface area (Å²) in [6.07, 6.45) is 1.98. The minimum absolute atomic E-state index is 0. The van der Waals surface area contributed by atoms with E-state index in [1.807, 2.05) is 0 Å². The van der Waals surface area contributed by atoms with Crippen LogP contribution in [0.1, 0.15) is 38.6 Å². The molecule has 116 valence electrons. The van der Waals surface area contributed by atoms with Gasteiger partial charge in [0.05, 0.1) is 6.04 Å². The lowest BCUT2D eigenvalue weighted by Crippen LogP contribution is -2.33. The van der Waals surface area contributed by atoms with Crippen molar-refractivity contribution < 1.29 is 4.39 Å². The van der Waals surface area contributed by atoms with E-state index in [2.05, 4.69) is 24.3 Å². The second kappa shape index (κ2) is 6.15.